The largest absolute Gasteiger partial charge is 0.353 e. The summed E-state index contributed by atoms with van der Waals surface area (Å²) in [4.78, 5) is 24.0. The van der Waals surface area contributed by atoms with Gasteiger partial charge in [0.15, 0.2) is 12.6 Å². The zero-order valence-corrected chi connectivity index (χ0v) is 54.1. The van der Waals surface area contributed by atoms with Crippen LogP contribution in [-0.4, -0.2) is 68.9 Å². The second-order valence-corrected chi connectivity index (χ2v) is 23.6. The van der Waals surface area contributed by atoms with Gasteiger partial charge in [-0.2, -0.15) is 0 Å². The fourth-order valence-electron chi connectivity index (χ4n) is 7.65. The number of ether oxygens (including phenoxy) is 4. The van der Waals surface area contributed by atoms with Crippen LogP contribution in [0.3, 0.4) is 0 Å². The molecular formula is C70H112N6O4. The lowest BCUT2D eigenvalue weighted by Crippen LogP contribution is -2.27. The standard InChI is InChI=1S/C8H16.2C8H14.C8H10.2C7H9N.2C6H8N2.2C6H12O2/c4*1-7-3-5-8(2)6-4-7;2*1-6-3-4-7(2)8-5-6;4*1-5-3-7-6(2)8-4-5/h7-8H,3-6H2,1-2H3;2*3,8H,4-6H2,1-2H3;3-6H,1-2H3;2*3-5H,1-2H3;2*3-4H,1-2H3;2*5-6H,3-4H2,1-2H3. The van der Waals surface area contributed by atoms with Gasteiger partial charge in [-0.05, 0) is 194 Å². The quantitative estimate of drug-likeness (QED) is 0.139. The van der Waals surface area contributed by atoms with Crippen molar-refractivity contribution in [1.82, 2.24) is 29.9 Å². The molecule has 80 heavy (non-hydrogen) atoms. The SMILES string of the molecule is CC1=CCC(C)CC1.CC1=CCC(C)CC1.CC1CCC(C)CC1.CC1COC(C)OC1.CC1COC(C)OC1.Cc1ccc(C)cc1.Cc1ccc(C)nc1.Cc1ccc(C)nc1.Cc1cnc(C)nc1.Cc1cnc(C)nc1. The molecule has 0 amide bonds. The van der Waals surface area contributed by atoms with Gasteiger partial charge in [0.05, 0.1) is 26.4 Å². The molecule has 1 aromatic carbocycles. The molecule has 3 aliphatic carbocycles. The van der Waals surface area contributed by atoms with Crippen molar-refractivity contribution in [1.29, 1.82) is 0 Å². The number of hydrogen-bond donors (Lipinski definition) is 0. The summed E-state index contributed by atoms with van der Waals surface area (Å²) in [5.74, 6) is 6.73. The Morgan fingerprint density at radius 2 is 0.575 bits per heavy atom. The van der Waals surface area contributed by atoms with Gasteiger partial charge in [-0.25, -0.2) is 19.9 Å². The van der Waals surface area contributed by atoms with Crippen molar-refractivity contribution in [2.45, 2.75) is 215 Å². The smallest absolute Gasteiger partial charge is 0.154 e. The number of benzene rings is 1. The zero-order chi connectivity index (χ0) is 59.8. The monoisotopic (exact) mass is 1100 g/mol. The van der Waals surface area contributed by atoms with Crippen molar-refractivity contribution in [3.8, 4) is 0 Å². The highest BCUT2D eigenvalue weighted by atomic mass is 16.7. The summed E-state index contributed by atoms with van der Waals surface area (Å²) in [6.45, 7) is 45.2. The first-order valence-electron chi connectivity index (χ1n) is 30.0. The highest BCUT2D eigenvalue weighted by molar-refractivity contribution is 5.19. The summed E-state index contributed by atoms with van der Waals surface area (Å²) in [6.07, 6.45) is 29.7. The van der Waals surface area contributed by atoms with Gasteiger partial charge in [-0.3, -0.25) is 9.97 Å². The Hall–Kier alpha value is -5.00. The summed E-state index contributed by atoms with van der Waals surface area (Å²) in [7, 11) is 0. The molecule has 4 aromatic heterocycles. The number of aromatic nitrogens is 6. The minimum Gasteiger partial charge on any atom is -0.353 e. The van der Waals surface area contributed by atoms with Crippen LogP contribution in [0.15, 0.2) is 109 Å². The Labute approximate surface area is 489 Å². The Morgan fingerprint density at radius 3 is 0.775 bits per heavy atom. The summed E-state index contributed by atoms with van der Waals surface area (Å²) >= 11 is 0. The van der Waals surface area contributed by atoms with E-state index in [-0.39, 0.29) is 12.6 Å². The third-order valence-electron chi connectivity index (χ3n) is 13.7. The number of hydrogen-bond acceptors (Lipinski definition) is 10. The lowest BCUT2D eigenvalue weighted by Gasteiger charge is -2.24. The fraction of sp³-hybridized carbons (Fsp3) is 0.600. The predicted octanol–water partition coefficient (Wildman–Crippen LogP) is 18.3. The normalized spacial score (nSPS) is 22.5. The number of pyridine rings is 2. The Morgan fingerprint density at radius 1 is 0.300 bits per heavy atom. The highest BCUT2D eigenvalue weighted by Gasteiger charge is 2.15. The molecule has 5 aliphatic rings. The van der Waals surface area contributed by atoms with E-state index in [1.807, 2.05) is 119 Å². The molecule has 0 N–H and O–H groups in total. The first-order chi connectivity index (χ1) is 37.9. The molecule has 5 aromatic rings. The van der Waals surface area contributed by atoms with Crippen LogP contribution in [0, 0.1) is 105 Å². The second-order valence-electron chi connectivity index (χ2n) is 23.6. The van der Waals surface area contributed by atoms with E-state index >= 15 is 0 Å². The van der Waals surface area contributed by atoms with E-state index in [0.29, 0.717) is 11.8 Å². The van der Waals surface area contributed by atoms with Gasteiger partial charge in [0.25, 0.3) is 0 Å². The molecule has 0 spiro atoms. The van der Waals surface area contributed by atoms with Crippen molar-refractivity contribution < 1.29 is 18.9 Å². The third-order valence-corrected chi connectivity index (χ3v) is 13.7. The third kappa shape index (κ3) is 41.9. The molecule has 2 aliphatic heterocycles. The van der Waals surface area contributed by atoms with E-state index in [1.54, 1.807) is 11.1 Å². The summed E-state index contributed by atoms with van der Waals surface area (Å²) in [5, 5.41) is 0. The van der Waals surface area contributed by atoms with Crippen molar-refractivity contribution in [2.24, 2.45) is 35.5 Å². The zero-order valence-electron chi connectivity index (χ0n) is 54.1. The molecule has 10 rings (SSSR count). The van der Waals surface area contributed by atoms with E-state index < -0.39 is 0 Å². The van der Waals surface area contributed by atoms with Crippen molar-refractivity contribution in [2.75, 3.05) is 26.4 Å². The van der Waals surface area contributed by atoms with E-state index in [1.165, 1.54) is 86.5 Å². The number of rotatable bonds is 0. The molecule has 10 heteroatoms. The van der Waals surface area contributed by atoms with Gasteiger partial charge in [0.1, 0.15) is 11.6 Å². The fourth-order valence-corrected chi connectivity index (χ4v) is 7.65. The van der Waals surface area contributed by atoms with Crippen LogP contribution in [0.5, 0.6) is 0 Å². The predicted molar refractivity (Wildman–Crippen MR) is 338 cm³/mol. The van der Waals surface area contributed by atoms with E-state index in [2.05, 4.69) is 148 Å². The molecule has 1 saturated carbocycles. The van der Waals surface area contributed by atoms with Crippen LogP contribution in [-0.2, 0) is 18.9 Å². The molecule has 10 nitrogen and oxygen atoms in total. The minimum atomic E-state index is 0.0196. The maximum absolute atomic E-state index is 5.17. The molecule has 2 unspecified atom stereocenters. The van der Waals surface area contributed by atoms with Gasteiger partial charge in [-0.15, -0.1) is 0 Å². The van der Waals surface area contributed by atoms with Crippen molar-refractivity contribution in [3.63, 3.8) is 0 Å². The van der Waals surface area contributed by atoms with Gasteiger partial charge < -0.3 is 18.9 Å². The first-order valence-corrected chi connectivity index (χ1v) is 30.0. The molecule has 3 fully saturated rings. The number of allylic oxidation sites excluding steroid dienone is 4. The molecule has 2 saturated heterocycles. The second kappa shape index (κ2) is 43.7. The van der Waals surface area contributed by atoms with Crippen LogP contribution >= 0.6 is 0 Å². The van der Waals surface area contributed by atoms with Gasteiger partial charge >= 0.3 is 0 Å². The average molecular weight is 1100 g/mol. The average Bonchev–Trinajstić information content (AvgIpc) is 3.44. The molecule has 446 valence electrons. The number of aryl methyl sites for hydroxylation is 10. The van der Waals surface area contributed by atoms with Crippen LogP contribution in [0.2, 0.25) is 0 Å². The van der Waals surface area contributed by atoms with Crippen molar-refractivity contribution in [3.05, 3.63) is 165 Å². The van der Waals surface area contributed by atoms with E-state index in [0.717, 1.165) is 84.3 Å². The van der Waals surface area contributed by atoms with Crippen LogP contribution in [0.4, 0.5) is 0 Å². The van der Waals surface area contributed by atoms with Crippen molar-refractivity contribution >= 4 is 0 Å². The molecule has 0 bridgehead atoms. The topological polar surface area (TPSA) is 114 Å². The van der Waals surface area contributed by atoms with Crippen LogP contribution in [0.1, 0.15) is 190 Å². The lowest BCUT2D eigenvalue weighted by atomic mass is 9.84. The highest BCUT2D eigenvalue weighted by Crippen LogP contribution is 2.27. The van der Waals surface area contributed by atoms with E-state index in [9.17, 15) is 0 Å². The summed E-state index contributed by atoms with van der Waals surface area (Å²) < 4.78 is 20.7. The molecule has 6 heterocycles. The van der Waals surface area contributed by atoms with E-state index in [4.69, 9.17) is 18.9 Å². The number of nitrogens with zero attached hydrogens (tertiary/aromatic N) is 6. The maximum Gasteiger partial charge on any atom is 0.154 e. The molecule has 0 radical (unpaired) electrons. The lowest BCUT2D eigenvalue weighted by molar-refractivity contribution is -0.187. The van der Waals surface area contributed by atoms with Crippen LogP contribution in [0.25, 0.3) is 0 Å². The van der Waals surface area contributed by atoms with Gasteiger partial charge in [0.2, 0.25) is 0 Å². The minimum absolute atomic E-state index is 0.0196. The molecule has 2 atom stereocenters. The Bertz CT molecular complexity index is 1850. The first kappa shape index (κ1) is 73.0. The van der Waals surface area contributed by atoms with Gasteiger partial charge in [-0.1, -0.05) is 138 Å². The Kier molecular flexibility index (Phi) is 39.9. The summed E-state index contributed by atoms with van der Waals surface area (Å²) in [5.41, 5.74) is 12.6. The maximum atomic E-state index is 5.17. The summed E-state index contributed by atoms with van der Waals surface area (Å²) in [6, 6.07) is 16.6. The Balaban J connectivity index is 0.000000444. The molecular weight excluding hydrogens is 989 g/mol. The van der Waals surface area contributed by atoms with Crippen LogP contribution < -0.4 is 0 Å². The van der Waals surface area contributed by atoms with Gasteiger partial charge in [0, 0.05) is 60.4 Å².